The van der Waals surface area contributed by atoms with Crippen molar-refractivity contribution in [3.05, 3.63) is 5.82 Å². The largest absolute Gasteiger partial charge is 0.475 e. The molecule has 1 heterocycles. The normalized spacial score (nSPS) is 10.6. The average Bonchev–Trinajstić information content (AvgIpc) is 2.43. The van der Waals surface area contributed by atoms with Crippen LogP contribution in [-0.4, -0.2) is 32.4 Å². The minimum atomic E-state index is -1.11. The van der Waals surface area contributed by atoms with Gasteiger partial charge in [0, 0.05) is 7.05 Å². The number of carboxylic acids is 1. The maximum Gasteiger partial charge on any atom is 0.373 e. The van der Waals surface area contributed by atoms with Gasteiger partial charge in [-0.15, -0.1) is 5.10 Å². The van der Waals surface area contributed by atoms with Crippen LogP contribution in [0.5, 0.6) is 6.01 Å². The van der Waals surface area contributed by atoms with Crippen molar-refractivity contribution >= 4 is 5.97 Å². The number of aromatic carboxylic acids is 1. The summed E-state index contributed by atoms with van der Waals surface area (Å²) in [4.78, 5) is 14.3. The first kappa shape index (κ1) is 10.5. The minimum Gasteiger partial charge on any atom is -0.475 e. The Morgan fingerprint density at radius 3 is 2.71 bits per heavy atom. The van der Waals surface area contributed by atoms with Crippen molar-refractivity contribution in [2.45, 2.75) is 13.8 Å². The van der Waals surface area contributed by atoms with Gasteiger partial charge in [-0.05, 0) is 5.92 Å². The highest BCUT2D eigenvalue weighted by Gasteiger charge is 2.14. The van der Waals surface area contributed by atoms with E-state index >= 15 is 0 Å². The van der Waals surface area contributed by atoms with Crippen LogP contribution in [0, 0.1) is 5.92 Å². The van der Waals surface area contributed by atoms with Crippen molar-refractivity contribution in [2.24, 2.45) is 13.0 Å². The van der Waals surface area contributed by atoms with E-state index in [0.717, 1.165) is 0 Å². The molecule has 0 aromatic carbocycles. The van der Waals surface area contributed by atoms with Crippen molar-refractivity contribution in [1.82, 2.24) is 14.8 Å². The zero-order valence-corrected chi connectivity index (χ0v) is 8.39. The number of ether oxygens (including phenoxy) is 1. The Bertz CT molecular complexity index is 333. The maximum atomic E-state index is 10.6. The van der Waals surface area contributed by atoms with Crippen LogP contribution in [0.15, 0.2) is 0 Å². The van der Waals surface area contributed by atoms with Crippen LogP contribution < -0.4 is 4.74 Å². The molecular formula is C8H13N3O3. The van der Waals surface area contributed by atoms with Gasteiger partial charge in [0.05, 0.1) is 6.61 Å². The first-order chi connectivity index (χ1) is 6.50. The lowest BCUT2D eigenvalue weighted by Gasteiger charge is -2.02. The van der Waals surface area contributed by atoms with Gasteiger partial charge >= 0.3 is 12.0 Å². The summed E-state index contributed by atoms with van der Waals surface area (Å²) in [5.74, 6) is -0.879. The molecule has 0 atom stereocenters. The summed E-state index contributed by atoms with van der Waals surface area (Å²) in [6.45, 7) is 4.45. The van der Waals surface area contributed by atoms with E-state index in [9.17, 15) is 4.79 Å². The standard InChI is InChI=1S/C8H13N3O3/c1-5(2)4-14-8-9-6(7(12)13)11(3)10-8/h5H,4H2,1-3H3,(H,12,13). The van der Waals surface area contributed by atoms with Gasteiger partial charge in [0.25, 0.3) is 0 Å². The third-order valence-corrected chi connectivity index (χ3v) is 1.48. The average molecular weight is 199 g/mol. The summed E-state index contributed by atoms with van der Waals surface area (Å²) in [6.07, 6.45) is 0. The molecule has 0 saturated carbocycles. The van der Waals surface area contributed by atoms with E-state index in [1.807, 2.05) is 13.8 Å². The lowest BCUT2D eigenvalue weighted by molar-refractivity contribution is 0.0678. The third kappa shape index (κ3) is 2.45. The minimum absolute atomic E-state index is 0.110. The van der Waals surface area contributed by atoms with E-state index < -0.39 is 5.97 Å². The molecule has 1 aromatic rings. The molecule has 0 aliphatic heterocycles. The van der Waals surface area contributed by atoms with Crippen LogP contribution in [0.2, 0.25) is 0 Å². The molecule has 0 amide bonds. The van der Waals surface area contributed by atoms with Gasteiger partial charge in [-0.2, -0.15) is 4.98 Å². The summed E-state index contributed by atoms with van der Waals surface area (Å²) >= 11 is 0. The molecule has 0 radical (unpaired) electrons. The van der Waals surface area contributed by atoms with Crippen LogP contribution in [0.25, 0.3) is 0 Å². The van der Waals surface area contributed by atoms with E-state index in [1.54, 1.807) is 0 Å². The molecule has 0 aliphatic carbocycles. The molecule has 1 N–H and O–H groups in total. The molecule has 6 nitrogen and oxygen atoms in total. The second-order valence-corrected chi connectivity index (χ2v) is 3.35. The molecule has 0 bridgehead atoms. The predicted octanol–water partition coefficient (Wildman–Crippen LogP) is 0.548. The predicted molar refractivity (Wildman–Crippen MR) is 48.3 cm³/mol. The third-order valence-electron chi connectivity index (χ3n) is 1.48. The molecule has 14 heavy (non-hydrogen) atoms. The Labute approximate surface area is 81.5 Å². The Kier molecular flexibility index (Phi) is 3.06. The molecular weight excluding hydrogens is 186 g/mol. The summed E-state index contributed by atoms with van der Waals surface area (Å²) in [7, 11) is 1.51. The van der Waals surface area contributed by atoms with E-state index in [-0.39, 0.29) is 11.8 Å². The lowest BCUT2D eigenvalue weighted by Crippen LogP contribution is -2.06. The van der Waals surface area contributed by atoms with Crippen LogP contribution in [-0.2, 0) is 7.05 Å². The number of aryl methyl sites for hydroxylation is 1. The number of aromatic nitrogens is 3. The number of carboxylic acid groups (broad SMARTS) is 1. The molecule has 78 valence electrons. The van der Waals surface area contributed by atoms with E-state index in [1.165, 1.54) is 11.7 Å². The lowest BCUT2D eigenvalue weighted by atomic mass is 10.2. The smallest absolute Gasteiger partial charge is 0.373 e. The Balaban J connectivity index is 2.71. The topological polar surface area (TPSA) is 77.2 Å². The van der Waals surface area contributed by atoms with Crippen molar-refractivity contribution in [3.8, 4) is 6.01 Å². The summed E-state index contributed by atoms with van der Waals surface area (Å²) in [5.41, 5.74) is 0. The van der Waals surface area contributed by atoms with Crippen molar-refractivity contribution < 1.29 is 14.6 Å². The van der Waals surface area contributed by atoms with Crippen LogP contribution in [0.4, 0.5) is 0 Å². The monoisotopic (exact) mass is 199 g/mol. The molecule has 1 rings (SSSR count). The summed E-state index contributed by atoms with van der Waals surface area (Å²) in [5, 5.41) is 12.5. The van der Waals surface area contributed by atoms with E-state index in [0.29, 0.717) is 12.5 Å². The fourth-order valence-electron chi connectivity index (χ4n) is 0.850. The zero-order valence-electron chi connectivity index (χ0n) is 8.39. The fraction of sp³-hybridized carbons (Fsp3) is 0.625. The van der Waals surface area contributed by atoms with Crippen molar-refractivity contribution in [3.63, 3.8) is 0 Å². The molecule has 0 fully saturated rings. The Morgan fingerprint density at radius 2 is 2.29 bits per heavy atom. The number of nitrogens with zero attached hydrogens (tertiary/aromatic N) is 3. The number of rotatable bonds is 4. The highest BCUT2D eigenvalue weighted by molar-refractivity contribution is 5.83. The molecule has 0 spiro atoms. The second-order valence-electron chi connectivity index (χ2n) is 3.35. The van der Waals surface area contributed by atoms with Gasteiger partial charge < -0.3 is 9.84 Å². The molecule has 1 aromatic heterocycles. The first-order valence-electron chi connectivity index (χ1n) is 4.28. The highest BCUT2D eigenvalue weighted by Crippen LogP contribution is 2.05. The first-order valence-corrected chi connectivity index (χ1v) is 4.28. The van der Waals surface area contributed by atoms with E-state index in [2.05, 4.69) is 10.1 Å². The number of carbonyl (C=O) groups is 1. The number of hydrogen-bond donors (Lipinski definition) is 1. The maximum absolute atomic E-state index is 10.6. The fourth-order valence-corrected chi connectivity index (χ4v) is 0.850. The van der Waals surface area contributed by atoms with E-state index in [4.69, 9.17) is 9.84 Å². The van der Waals surface area contributed by atoms with Crippen LogP contribution >= 0.6 is 0 Å². The van der Waals surface area contributed by atoms with Crippen molar-refractivity contribution in [1.29, 1.82) is 0 Å². The molecule has 0 saturated heterocycles. The molecule has 0 aliphatic rings. The molecule has 6 heteroatoms. The number of hydrogen-bond acceptors (Lipinski definition) is 4. The molecule has 0 unspecified atom stereocenters. The quantitative estimate of drug-likeness (QED) is 0.766. The summed E-state index contributed by atoms with van der Waals surface area (Å²) < 4.78 is 6.35. The van der Waals surface area contributed by atoms with Gasteiger partial charge in [0.2, 0.25) is 5.82 Å². The Morgan fingerprint density at radius 1 is 1.64 bits per heavy atom. The van der Waals surface area contributed by atoms with Crippen LogP contribution in [0.1, 0.15) is 24.5 Å². The second kappa shape index (κ2) is 4.08. The van der Waals surface area contributed by atoms with Crippen molar-refractivity contribution in [2.75, 3.05) is 6.61 Å². The SMILES string of the molecule is CC(C)COc1nc(C(=O)O)n(C)n1. The van der Waals surface area contributed by atoms with Gasteiger partial charge in [0.15, 0.2) is 0 Å². The summed E-state index contributed by atoms with van der Waals surface area (Å²) in [6, 6.07) is 0.110. The van der Waals surface area contributed by atoms with Gasteiger partial charge in [-0.25, -0.2) is 9.48 Å². The van der Waals surface area contributed by atoms with Gasteiger partial charge in [0.1, 0.15) is 0 Å². The van der Waals surface area contributed by atoms with Crippen LogP contribution in [0.3, 0.4) is 0 Å². The Hall–Kier alpha value is -1.59. The van der Waals surface area contributed by atoms with Gasteiger partial charge in [-0.3, -0.25) is 0 Å². The van der Waals surface area contributed by atoms with Gasteiger partial charge in [-0.1, -0.05) is 13.8 Å². The highest BCUT2D eigenvalue weighted by atomic mass is 16.5. The zero-order chi connectivity index (χ0) is 10.7.